The van der Waals surface area contributed by atoms with Crippen molar-refractivity contribution in [2.24, 2.45) is 7.05 Å². The maximum Gasteiger partial charge on any atom is 0.296 e. The summed E-state index contributed by atoms with van der Waals surface area (Å²) in [5, 5.41) is 21.0. The standard InChI is InChI=1S/C22H26FN7O3/c1-22(2)21-26-17(10-18(31)24-11-14-4-6-15(23)7-5-14)19(32)20(33)30(21)9-8-29(22)13-16-12-25-27-28(16)3/h4-7,12,32H,8-11,13H2,1-3H3,(H,24,31). The van der Waals surface area contributed by atoms with Gasteiger partial charge >= 0.3 is 0 Å². The summed E-state index contributed by atoms with van der Waals surface area (Å²) in [6.07, 6.45) is 1.44. The summed E-state index contributed by atoms with van der Waals surface area (Å²) in [7, 11) is 1.82. The van der Waals surface area contributed by atoms with E-state index in [1.54, 1.807) is 23.0 Å². The lowest BCUT2D eigenvalue weighted by Gasteiger charge is -2.43. The minimum atomic E-state index is -0.644. The zero-order valence-electron chi connectivity index (χ0n) is 18.7. The Hall–Kier alpha value is -3.60. The van der Waals surface area contributed by atoms with E-state index in [0.717, 1.165) is 11.3 Å². The quantitative estimate of drug-likeness (QED) is 0.565. The van der Waals surface area contributed by atoms with E-state index >= 15 is 0 Å². The van der Waals surface area contributed by atoms with Crippen molar-refractivity contribution < 1.29 is 14.3 Å². The van der Waals surface area contributed by atoms with E-state index in [4.69, 9.17) is 0 Å². The first-order chi connectivity index (χ1) is 15.7. The molecular formula is C22H26FN7O3. The lowest BCUT2D eigenvalue weighted by Crippen LogP contribution is -2.52. The van der Waals surface area contributed by atoms with Crippen LogP contribution in [0.3, 0.4) is 0 Å². The lowest BCUT2D eigenvalue weighted by molar-refractivity contribution is -0.120. The number of carbonyl (C=O) groups excluding carboxylic acids is 1. The molecule has 0 aliphatic carbocycles. The van der Waals surface area contributed by atoms with Gasteiger partial charge in [0.25, 0.3) is 5.56 Å². The maximum atomic E-state index is 13.0. The number of rotatable bonds is 6. The average Bonchev–Trinajstić information content (AvgIpc) is 3.18. The SMILES string of the molecule is Cn1nncc1CN1CCn2c(nc(CC(=O)NCc3ccc(F)cc3)c(O)c2=O)C1(C)C. The fraction of sp³-hybridized carbons (Fsp3) is 0.409. The van der Waals surface area contributed by atoms with Gasteiger partial charge in [0.15, 0.2) is 0 Å². The van der Waals surface area contributed by atoms with Gasteiger partial charge in [-0.25, -0.2) is 9.37 Å². The van der Waals surface area contributed by atoms with Gasteiger partial charge in [-0.1, -0.05) is 17.3 Å². The van der Waals surface area contributed by atoms with Crippen LogP contribution in [0.2, 0.25) is 0 Å². The van der Waals surface area contributed by atoms with E-state index in [1.165, 1.54) is 16.7 Å². The molecule has 1 aromatic carbocycles. The van der Waals surface area contributed by atoms with Crippen molar-refractivity contribution in [1.29, 1.82) is 0 Å². The Bertz CT molecular complexity index is 1230. The van der Waals surface area contributed by atoms with Crippen LogP contribution in [0.1, 0.15) is 36.6 Å². The fourth-order valence-corrected chi connectivity index (χ4v) is 3.97. The molecule has 0 fully saturated rings. The van der Waals surface area contributed by atoms with Gasteiger partial charge < -0.3 is 10.4 Å². The predicted octanol–water partition coefficient (Wildman–Crippen LogP) is 0.826. The van der Waals surface area contributed by atoms with Crippen molar-refractivity contribution in [3.05, 3.63) is 69.4 Å². The van der Waals surface area contributed by atoms with Crippen LogP contribution in [-0.2, 0) is 43.4 Å². The first kappa shape index (κ1) is 22.6. The summed E-state index contributed by atoms with van der Waals surface area (Å²) < 4.78 is 16.2. The van der Waals surface area contributed by atoms with Gasteiger partial charge in [-0.05, 0) is 31.5 Å². The second-order valence-electron chi connectivity index (χ2n) is 8.60. The van der Waals surface area contributed by atoms with E-state index in [1.807, 2.05) is 20.9 Å². The van der Waals surface area contributed by atoms with E-state index in [9.17, 15) is 19.1 Å². The maximum absolute atomic E-state index is 13.0. The third kappa shape index (κ3) is 4.49. The largest absolute Gasteiger partial charge is 0.502 e. The highest BCUT2D eigenvalue weighted by Crippen LogP contribution is 2.31. The number of aryl methyl sites for hydroxylation is 1. The molecule has 2 aromatic heterocycles. The molecule has 11 heteroatoms. The summed E-state index contributed by atoms with van der Waals surface area (Å²) in [6.45, 7) is 5.58. The number of halogens is 1. The number of benzene rings is 1. The Morgan fingerprint density at radius 2 is 1.97 bits per heavy atom. The van der Waals surface area contributed by atoms with Crippen LogP contribution in [0.4, 0.5) is 4.39 Å². The molecule has 10 nitrogen and oxygen atoms in total. The van der Waals surface area contributed by atoms with Gasteiger partial charge in [-0.2, -0.15) is 0 Å². The first-order valence-corrected chi connectivity index (χ1v) is 10.6. The van der Waals surface area contributed by atoms with Crippen molar-refractivity contribution in [1.82, 2.24) is 34.8 Å². The topological polar surface area (TPSA) is 118 Å². The molecule has 1 amide bonds. The van der Waals surface area contributed by atoms with Crippen LogP contribution < -0.4 is 10.9 Å². The Morgan fingerprint density at radius 3 is 2.64 bits per heavy atom. The summed E-state index contributed by atoms with van der Waals surface area (Å²) in [4.78, 5) is 32.1. The van der Waals surface area contributed by atoms with Crippen molar-refractivity contribution >= 4 is 5.91 Å². The zero-order valence-corrected chi connectivity index (χ0v) is 18.7. The molecule has 3 heterocycles. The van der Waals surface area contributed by atoms with Crippen molar-refractivity contribution in [3.8, 4) is 5.75 Å². The molecule has 0 radical (unpaired) electrons. The lowest BCUT2D eigenvalue weighted by atomic mass is 9.97. The number of aromatic nitrogens is 5. The molecule has 0 saturated heterocycles. The highest BCUT2D eigenvalue weighted by molar-refractivity contribution is 5.78. The van der Waals surface area contributed by atoms with Crippen LogP contribution in [0.25, 0.3) is 0 Å². The minimum Gasteiger partial charge on any atom is -0.502 e. The molecular weight excluding hydrogens is 429 g/mol. The van der Waals surface area contributed by atoms with E-state index in [2.05, 4.69) is 25.5 Å². The van der Waals surface area contributed by atoms with E-state index in [-0.39, 0.29) is 24.5 Å². The predicted molar refractivity (Wildman–Crippen MR) is 117 cm³/mol. The van der Waals surface area contributed by atoms with Gasteiger partial charge in [-0.15, -0.1) is 5.10 Å². The Kier molecular flexibility index (Phi) is 5.98. The molecule has 3 aromatic rings. The molecule has 174 valence electrons. The number of aromatic hydroxyl groups is 1. The second kappa shape index (κ2) is 8.74. The minimum absolute atomic E-state index is 0.0278. The highest BCUT2D eigenvalue weighted by atomic mass is 19.1. The molecule has 0 atom stereocenters. The third-order valence-corrected chi connectivity index (χ3v) is 6.04. The normalized spacial score (nSPS) is 15.3. The molecule has 0 unspecified atom stereocenters. The van der Waals surface area contributed by atoms with E-state index < -0.39 is 22.8 Å². The smallest absolute Gasteiger partial charge is 0.296 e. The van der Waals surface area contributed by atoms with Gasteiger partial charge in [-0.3, -0.25) is 23.7 Å². The molecule has 1 aliphatic heterocycles. The third-order valence-electron chi connectivity index (χ3n) is 6.04. The molecule has 0 bridgehead atoms. The van der Waals surface area contributed by atoms with Gasteiger partial charge in [0, 0.05) is 33.2 Å². The Morgan fingerprint density at radius 1 is 1.24 bits per heavy atom. The number of nitrogens with one attached hydrogen (secondary N) is 1. The molecule has 0 spiro atoms. The molecule has 2 N–H and O–H groups in total. The summed E-state index contributed by atoms with van der Waals surface area (Å²) in [6, 6.07) is 5.78. The summed E-state index contributed by atoms with van der Waals surface area (Å²) in [5.74, 6) is -0.799. The van der Waals surface area contributed by atoms with Crippen molar-refractivity contribution in [2.45, 2.75) is 45.4 Å². The number of amides is 1. The monoisotopic (exact) mass is 455 g/mol. The molecule has 1 aliphatic rings. The second-order valence-corrected chi connectivity index (χ2v) is 8.60. The first-order valence-electron chi connectivity index (χ1n) is 10.6. The van der Waals surface area contributed by atoms with Crippen molar-refractivity contribution in [2.75, 3.05) is 6.54 Å². The fourth-order valence-electron chi connectivity index (χ4n) is 3.97. The number of nitrogens with zero attached hydrogens (tertiary/aromatic N) is 6. The number of hydrogen-bond donors (Lipinski definition) is 2. The molecule has 33 heavy (non-hydrogen) atoms. The number of carbonyl (C=O) groups is 1. The molecule has 4 rings (SSSR count). The van der Waals surface area contributed by atoms with Crippen LogP contribution in [-0.4, -0.2) is 47.0 Å². The van der Waals surface area contributed by atoms with Crippen molar-refractivity contribution in [3.63, 3.8) is 0 Å². The van der Waals surface area contributed by atoms with Crippen LogP contribution in [0.5, 0.6) is 5.75 Å². The van der Waals surface area contributed by atoms with Gasteiger partial charge in [0.2, 0.25) is 11.7 Å². The van der Waals surface area contributed by atoms with Crippen LogP contribution in [0, 0.1) is 5.82 Å². The van der Waals surface area contributed by atoms with Gasteiger partial charge in [0.1, 0.15) is 11.6 Å². The summed E-state index contributed by atoms with van der Waals surface area (Å²) >= 11 is 0. The number of hydrogen-bond acceptors (Lipinski definition) is 7. The van der Waals surface area contributed by atoms with Crippen LogP contribution >= 0.6 is 0 Å². The Balaban J connectivity index is 1.55. The van der Waals surface area contributed by atoms with Crippen LogP contribution in [0.15, 0.2) is 35.3 Å². The average molecular weight is 455 g/mol. The zero-order chi connectivity index (χ0) is 23.8. The Labute approximate surface area is 189 Å². The summed E-state index contributed by atoms with van der Waals surface area (Å²) in [5.41, 5.74) is 0.470. The van der Waals surface area contributed by atoms with Gasteiger partial charge in [0.05, 0.1) is 29.5 Å². The van der Waals surface area contributed by atoms with E-state index in [0.29, 0.717) is 25.5 Å². The number of fused-ring (bicyclic) bond motifs is 1. The highest BCUT2D eigenvalue weighted by Gasteiger charge is 2.38. The molecule has 0 saturated carbocycles.